The van der Waals surface area contributed by atoms with Crippen molar-refractivity contribution < 1.29 is 9.53 Å². The van der Waals surface area contributed by atoms with Crippen molar-refractivity contribution in [3.8, 4) is 5.75 Å². The van der Waals surface area contributed by atoms with Crippen molar-refractivity contribution in [1.29, 1.82) is 0 Å². The number of nitrogens with zero attached hydrogens (tertiary/aromatic N) is 1. The fourth-order valence-corrected chi connectivity index (χ4v) is 2.78. The first-order valence-corrected chi connectivity index (χ1v) is 7.78. The Hall–Kier alpha value is -0.930. The van der Waals surface area contributed by atoms with Gasteiger partial charge in [-0.15, -0.1) is 0 Å². The minimum atomic E-state index is 0.0258. The lowest BCUT2D eigenvalue weighted by Gasteiger charge is -2.24. The highest BCUT2D eigenvalue weighted by Gasteiger charge is 2.15. The molecule has 1 aromatic carbocycles. The molecule has 0 saturated carbocycles. The number of hydrogen-bond donors (Lipinski definition) is 0. The highest BCUT2D eigenvalue weighted by Crippen LogP contribution is 2.27. The van der Waals surface area contributed by atoms with Gasteiger partial charge >= 0.3 is 0 Å². The minimum Gasteiger partial charge on any atom is -0.482 e. The number of ether oxygens (including phenoxy) is 1. The number of likely N-dealkylation sites (tertiary alicyclic amines) is 1. The summed E-state index contributed by atoms with van der Waals surface area (Å²) in [6.07, 6.45) is 5.83. The summed E-state index contributed by atoms with van der Waals surface area (Å²) in [6.45, 7) is 1.69. The monoisotopic (exact) mass is 315 g/mol. The molecule has 110 valence electrons. The molecule has 1 aliphatic rings. The second kappa shape index (κ2) is 7.75. The molecule has 0 unspecified atom stereocenters. The maximum absolute atomic E-state index is 12.1. The van der Waals surface area contributed by atoms with Gasteiger partial charge in [-0.1, -0.05) is 42.5 Å². The third kappa shape index (κ3) is 4.57. The highest BCUT2D eigenvalue weighted by atomic mass is 35.5. The van der Waals surface area contributed by atoms with E-state index in [4.69, 9.17) is 27.9 Å². The quantitative estimate of drug-likeness (QED) is 0.838. The van der Waals surface area contributed by atoms with Gasteiger partial charge in [-0.25, -0.2) is 0 Å². The van der Waals surface area contributed by atoms with Crippen molar-refractivity contribution in [2.24, 2.45) is 0 Å². The second-order valence-corrected chi connectivity index (χ2v) is 5.86. The summed E-state index contributed by atoms with van der Waals surface area (Å²) in [4.78, 5) is 14.0. The fourth-order valence-electron chi connectivity index (χ4n) is 2.32. The maximum atomic E-state index is 12.1. The molecule has 0 bridgehead atoms. The van der Waals surface area contributed by atoms with Crippen LogP contribution in [0.5, 0.6) is 5.75 Å². The third-order valence-electron chi connectivity index (χ3n) is 3.45. The van der Waals surface area contributed by atoms with Crippen LogP contribution < -0.4 is 4.74 Å². The second-order valence-electron chi connectivity index (χ2n) is 5.01. The van der Waals surface area contributed by atoms with E-state index < -0.39 is 0 Å². The lowest BCUT2D eigenvalue weighted by atomic mass is 10.1. The van der Waals surface area contributed by atoms with Crippen LogP contribution in [0.4, 0.5) is 0 Å². The summed E-state index contributed by atoms with van der Waals surface area (Å²) in [7, 11) is 0. The summed E-state index contributed by atoms with van der Waals surface area (Å²) in [5, 5.41) is 0.982. The van der Waals surface area contributed by atoms with E-state index in [1.165, 1.54) is 19.3 Å². The van der Waals surface area contributed by atoms with Crippen LogP contribution >= 0.6 is 23.2 Å². The molecule has 1 heterocycles. The topological polar surface area (TPSA) is 29.5 Å². The van der Waals surface area contributed by atoms with E-state index in [2.05, 4.69) is 0 Å². The molecule has 0 spiro atoms. The zero-order chi connectivity index (χ0) is 14.4. The molecule has 20 heavy (non-hydrogen) atoms. The maximum Gasteiger partial charge on any atom is 0.260 e. The molecule has 0 atom stereocenters. The van der Waals surface area contributed by atoms with Gasteiger partial charge in [0.05, 0.1) is 5.02 Å². The number of halogens is 2. The van der Waals surface area contributed by atoms with Crippen LogP contribution in [0.1, 0.15) is 32.1 Å². The summed E-state index contributed by atoms with van der Waals surface area (Å²) < 4.78 is 5.50. The summed E-state index contributed by atoms with van der Waals surface area (Å²) in [5.74, 6) is 0.523. The summed E-state index contributed by atoms with van der Waals surface area (Å²) >= 11 is 11.8. The Morgan fingerprint density at radius 1 is 1.10 bits per heavy atom. The molecule has 1 saturated heterocycles. The number of hydrogen-bond acceptors (Lipinski definition) is 2. The largest absolute Gasteiger partial charge is 0.482 e. The Labute approximate surface area is 129 Å². The van der Waals surface area contributed by atoms with Crippen molar-refractivity contribution in [3.63, 3.8) is 0 Å². The van der Waals surface area contributed by atoms with Crippen LogP contribution in [-0.2, 0) is 4.79 Å². The van der Waals surface area contributed by atoms with E-state index in [-0.39, 0.29) is 12.5 Å². The van der Waals surface area contributed by atoms with Gasteiger partial charge in [0, 0.05) is 18.1 Å². The lowest BCUT2D eigenvalue weighted by Crippen LogP contribution is -2.37. The van der Waals surface area contributed by atoms with E-state index in [9.17, 15) is 4.79 Å². The number of benzene rings is 1. The van der Waals surface area contributed by atoms with E-state index in [0.29, 0.717) is 15.8 Å². The van der Waals surface area contributed by atoms with Crippen molar-refractivity contribution >= 4 is 29.1 Å². The van der Waals surface area contributed by atoms with E-state index in [1.807, 2.05) is 4.90 Å². The van der Waals surface area contributed by atoms with Crippen LogP contribution in [0.2, 0.25) is 10.0 Å². The molecule has 0 aliphatic carbocycles. The van der Waals surface area contributed by atoms with Crippen LogP contribution in [0.25, 0.3) is 0 Å². The van der Waals surface area contributed by atoms with Gasteiger partial charge < -0.3 is 9.64 Å². The third-order valence-corrected chi connectivity index (χ3v) is 3.98. The normalized spacial score (nSPS) is 16.4. The average molecular weight is 316 g/mol. The average Bonchev–Trinajstić information content (AvgIpc) is 2.37. The number of rotatable bonds is 3. The summed E-state index contributed by atoms with van der Waals surface area (Å²) in [6, 6.07) is 4.99. The predicted octanol–water partition coefficient (Wildman–Crippen LogP) is 4.16. The van der Waals surface area contributed by atoms with Gasteiger partial charge in [0.2, 0.25) is 0 Å². The van der Waals surface area contributed by atoms with Crippen LogP contribution in [0.15, 0.2) is 18.2 Å². The highest BCUT2D eigenvalue weighted by molar-refractivity contribution is 6.35. The molecular weight excluding hydrogens is 297 g/mol. The minimum absolute atomic E-state index is 0.0258. The van der Waals surface area contributed by atoms with Gasteiger partial charge in [-0.05, 0) is 31.0 Å². The Balaban J connectivity index is 1.87. The van der Waals surface area contributed by atoms with Crippen LogP contribution in [-0.4, -0.2) is 30.5 Å². The van der Waals surface area contributed by atoms with Gasteiger partial charge in [0.1, 0.15) is 5.75 Å². The Kier molecular flexibility index (Phi) is 5.99. The summed E-state index contributed by atoms with van der Waals surface area (Å²) in [5.41, 5.74) is 0. The molecule has 5 heteroatoms. The first-order valence-electron chi connectivity index (χ1n) is 7.02. The smallest absolute Gasteiger partial charge is 0.260 e. The van der Waals surface area contributed by atoms with Crippen LogP contribution in [0, 0.1) is 0 Å². The zero-order valence-corrected chi connectivity index (χ0v) is 12.9. The molecular formula is C15H19Cl2NO2. The van der Waals surface area contributed by atoms with Crippen molar-refractivity contribution in [1.82, 2.24) is 4.90 Å². The van der Waals surface area contributed by atoms with Gasteiger partial charge in [0.25, 0.3) is 5.91 Å². The molecule has 0 N–H and O–H groups in total. The molecule has 0 radical (unpaired) electrons. The molecule has 1 fully saturated rings. The fraction of sp³-hybridized carbons (Fsp3) is 0.533. The van der Waals surface area contributed by atoms with Crippen molar-refractivity contribution in [3.05, 3.63) is 28.2 Å². The Morgan fingerprint density at radius 2 is 1.75 bits per heavy atom. The molecule has 1 amide bonds. The number of amides is 1. The number of carbonyl (C=O) groups excluding carboxylic acids is 1. The van der Waals surface area contributed by atoms with Crippen molar-refractivity contribution in [2.45, 2.75) is 32.1 Å². The first kappa shape index (κ1) is 15.5. The molecule has 1 aliphatic heterocycles. The molecule has 3 nitrogen and oxygen atoms in total. The van der Waals surface area contributed by atoms with Gasteiger partial charge in [-0.2, -0.15) is 0 Å². The SMILES string of the molecule is O=C(COc1ccc(Cl)cc1Cl)N1CCCCCCC1. The lowest BCUT2D eigenvalue weighted by molar-refractivity contribution is -0.133. The zero-order valence-electron chi connectivity index (χ0n) is 11.4. The van der Waals surface area contributed by atoms with Crippen molar-refractivity contribution in [2.75, 3.05) is 19.7 Å². The first-order chi connectivity index (χ1) is 9.66. The van der Waals surface area contributed by atoms with E-state index in [0.717, 1.165) is 25.9 Å². The Bertz CT molecular complexity index is 457. The van der Waals surface area contributed by atoms with Gasteiger partial charge in [0.15, 0.2) is 6.61 Å². The standard InChI is InChI=1S/C15H19Cl2NO2/c16-12-6-7-14(13(17)10-12)20-11-15(19)18-8-4-2-1-3-5-9-18/h6-7,10H,1-5,8-9,11H2. The Morgan fingerprint density at radius 3 is 2.40 bits per heavy atom. The molecule has 2 rings (SSSR count). The number of carbonyl (C=O) groups is 1. The molecule has 0 aromatic heterocycles. The van der Waals surface area contributed by atoms with E-state index in [1.54, 1.807) is 18.2 Å². The molecule has 1 aromatic rings. The van der Waals surface area contributed by atoms with E-state index >= 15 is 0 Å². The predicted molar refractivity (Wildman–Crippen MR) is 81.6 cm³/mol. The van der Waals surface area contributed by atoms with Crippen LogP contribution in [0.3, 0.4) is 0 Å². The van der Waals surface area contributed by atoms with Gasteiger partial charge in [-0.3, -0.25) is 4.79 Å².